The number of nitrogens with one attached hydrogen (secondary N) is 1. The van der Waals surface area contributed by atoms with Crippen molar-refractivity contribution in [2.75, 3.05) is 27.2 Å². The van der Waals surface area contributed by atoms with Crippen LogP contribution in [0, 0.1) is 0 Å². The number of likely N-dealkylation sites (tertiary alicyclic amines) is 1. The zero-order valence-corrected chi connectivity index (χ0v) is 12.1. The minimum Gasteiger partial charge on any atom is -0.480 e. The van der Waals surface area contributed by atoms with Gasteiger partial charge in [-0.3, -0.25) is 0 Å². The average molecular weight is 271 g/mol. The summed E-state index contributed by atoms with van der Waals surface area (Å²) < 4.78 is 0. The lowest BCUT2D eigenvalue weighted by Crippen LogP contribution is -2.51. The monoisotopic (exact) mass is 271 g/mol. The average Bonchev–Trinajstić information content (AvgIpc) is 2.75. The first-order valence-electron chi connectivity index (χ1n) is 6.90. The Bertz CT molecular complexity index is 320. The lowest BCUT2D eigenvalue weighted by atomic mass is 10.2. The highest BCUT2D eigenvalue weighted by molar-refractivity contribution is 5.82. The van der Waals surface area contributed by atoms with Crippen molar-refractivity contribution >= 4 is 12.0 Å². The molecule has 1 rings (SSSR count). The highest BCUT2D eigenvalue weighted by Crippen LogP contribution is 2.18. The normalized spacial score (nSPS) is 20.6. The van der Waals surface area contributed by atoms with Crippen LogP contribution in [-0.4, -0.2) is 66.2 Å². The van der Waals surface area contributed by atoms with Crippen LogP contribution in [0.5, 0.6) is 0 Å². The molecule has 6 nitrogen and oxygen atoms in total. The van der Waals surface area contributed by atoms with Gasteiger partial charge in [-0.25, -0.2) is 9.59 Å². The first-order chi connectivity index (χ1) is 8.95. The summed E-state index contributed by atoms with van der Waals surface area (Å²) in [6.45, 7) is 3.44. The zero-order valence-electron chi connectivity index (χ0n) is 12.1. The van der Waals surface area contributed by atoms with Gasteiger partial charge in [0.05, 0.1) is 0 Å². The largest absolute Gasteiger partial charge is 0.480 e. The molecule has 2 N–H and O–H groups in total. The van der Waals surface area contributed by atoms with Gasteiger partial charge in [0.15, 0.2) is 0 Å². The Morgan fingerprint density at radius 1 is 1.47 bits per heavy atom. The smallest absolute Gasteiger partial charge is 0.326 e. The Morgan fingerprint density at radius 3 is 2.68 bits per heavy atom. The van der Waals surface area contributed by atoms with Crippen molar-refractivity contribution in [1.29, 1.82) is 0 Å². The second kappa shape index (κ2) is 7.33. The summed E-state index contributed by atoms with van der Waals surface area (Å²) in [5.74, 6) is -0.960. The van der Waals surface area contributed by atoms with Gasteiger partial charge in [-0.15, -0.1) is 0 Å². The lowest BCUT2D eigenvalue weighted by molar-refractivity contribution is -0.139. The molecule has 1 heterocycles. The molecule has 1 fully saturated rings. The molecule has 2 amide bonds. The Balaban J connectivity index is 2.57. The summed E-state index contributed by atoms with van der Waals surface area (Å²) in [5.41, 5.74) is 0. The fraction of sp³-hybridized carbons (Fsp3) is 0.846. The minimum atomic E-state index is -0.960. The van der Waals surface area contributed by atoms with Gasteiger partial charge in [0, 0.05) is 19.1 Å². The predicted octanol–water partition coefficient (Wildman–Crippen LogP) is 0.975. The molecule has 0 aromatic carbocycles. The van der Waals surface area contributed by atoms with Crippen molar-refractivity contribution in [1.82, 2.24) is 15.1 Å². The van der Waals surface area contributed by atoms with Crippen molar-refractivity contribution in [2.45, 2.75) is 44.7 Å². The maximum atomic E-state index is 12.2. The molecule has 19 heavy (non-hydrogen) atoms. The van der Waals surface area contributed by atoms with Crippen LogP contribution < -0.4 is 5.32 Å². The van der Waals surface area contributed by atoms with Gasteiger partial charge in [0.25, 0.3) is 0 Å². The molecule has 0 radical (unpaired) electrons. The number of hydrogen-bond donors (Lipinski definition) is 2. The molecule has 0 saturated carbocycles. The second-order valence-electron chi connectivity index (χ2n) is 5.38. The number of nitrogens with zero attached hydrogens (tertiary/aromatic N) is 2. The summed E-state index contributed by atoms with van der Waals surface area (Å²) in [4.78, 5) is 27.0. The van der Waals surface area contributed by atoms with E-state index in [1.165, 1.54) is 0 Å². The number of urea groups is 1. The number of aliphatic carboxylic acids is 1. The van der Waals surface area contributed by atoms with E-state index in [0.29, 0.717) is 13.0 Å². The van der Waals surface area contributed by atoms with Crippen molar-refractivity contribution in [3.8, 4) is 0 Å². The summed E-state index contributed by atoms with van der Waals surface area (Å²) in [7, 11) is 3.96. The third-order valence-electron chi connectivity index (χ3n) is 3.39. The third-order valence-corrected chi connectivity index (χ3v) is 3.39. The fourth-order valence-electron chi connectivity index (χ4n) is 2.49. The number of likely N-dealkylation sites (N-methyl/N-ethyl adjacent to an activating group) is 1. The van der Waals surface area contributed by atoms with E-state index < -0.39 is 12.0 Å². The van der Waals surface area contributed by atoms with E-state index in [1.54, 1.807) is 4.90 Å². The highest BCUT2D eigenvalue weighted by Gasteiger charge is 2.31. The van der Waals surface area contributed by atoms with Crippen LogP contribution in [0.25, 0.3) is 0 Å². The molecule has 6 heteroatoms. The van der Waals surface area contributed by atoms with Gasteiger partial charge < -0.3 is 20.2 Å². The Kier molecular flexibility index (Phi) is 6.08. The summed E-state index contributed by atoms with van der Waals surface area (Å²) in [5, 5.41) is 11.7. The van der Waals surface area contributed by atoms with Crippen molar-refractivity contribution in [3.63, 3.8) is 0 Å². The van der Waals surface area contributed by atoms with Crippen molar-refractivity contribution in [3.05, 3.63) is 0 Å². The number of carbonyl (C=O) groups is 2. The Morgan fingerprint density at radius 2 is 2.16 bits per heavy atom. The van der Waals surface area contributed by atoms with Gasteiger partial charge >= 0.3 is 12.0 Å². The molecule has 0 aliphatic carbocycles. The molecular weight excluding hydrogens is 246 g/mol. The number of carboxylic acids is 1. The quantitative estimate of drug-likeness (QED) is 0.755. The molecule has 2 atom stereocenters. The number of amides is 2. The molecular formula is C13H25N3O3. The van der Waals surface area contributed by atoms with Crippen LogP contribution >= 0.6 is 0 Å². The molecule has 0 bridgehead atoms. The SMILES string of the molecule is CCC[C@H](NC(=O)N1CCCC1CN(C)C)C(=O)O. The van der Waals surface area contributed by atoms with Gasteiger partial charge in [0.2, 0.25) is 0 Å². The highest BCUT2D eigenvalue weighted by atomic mass is 16.4. The van der Waals surface area contributed by atoms with E-state index in [4.69, 9.17) is 5.11 Å². The molecule has 0 aromatic heterocycles. The first-order valence-corrected chi connectivity index (χ1v) is 6.90. The van der Waals surface area contributed by atoms with Crippen LogP contribution in [0.4, 0.5) is 4.79 Å². The van der Waals surface area contributed by atoms with E-state index in [-0.39, 0.29) is 12.1 Å². The number of carbonyl (C=O) groups excluding carboxylic acids is 1. The maximum Gasteiger partial charge on any atom is 0.326 e. The number of carboxylic acid groups (broad SMARTS) is 1. The third kappa shape index (κ3) is 4.70. The summed E-state index contributed by atoms with van der Waals surface area (Å²) in [6, 6.07) is -0.839. The molecule has 0 spiro atoms. The molecule has 1 aliphatic heterocycles. The minimum absolute atomic E-state index is 0.186. The van der Waals surface area contributed by atoms with Crippen molar-refractivity contribution < 1.29 is 14.7 Å². The molecule has 0 aromatic rings. The van der Waals surface area contributed by atoms with E-state index in [1.807, 2.05) is 21.0 Å². The van der Waals surface area contributed by atoms with E-state index in [2.05, 4.69) is 10.2 Å². The van der Waals surface area contributed by atoms with E-state index in [0.717, 1.165) is 25.8 Å². The maximum absolute atomic E-state index is 12.2. The number of rotatable bonds is 6. The molecule has 1 aliphatic rings. The van der Waals surface area contributed by atoms with Crippen LogP contribution in [-0.2, 0) is 4.79 Å². The van der Waals surface area contributed by atoms with Crippen molar-refractivity contribution in [2.24, 2.45) is 0 Å². The van der Waals surface area contributed by atoms with E-state index in [9.17, 15) is 9.59 Å². The predicted molar refractivity (Wildman–Crippen MR) is 73.1 cm³/mol. The lowest BCUT2D eigenvalue weighted by Gasteiger charge is -2.28. The fourth-order valence-corrected chi connectivity index (χ4v) is 2.49. The van der Waals surface area contributed by atoms with Crippen LogP contribution in [0.3, 0.4) is 0 Å². The number of hydrogen-bond acceptors (Lipinski definition) is 3. The Hall–Kier alpha value is -1.30. The standard InChI is InChI=1S/C13H25N3O3/c1-4-6-11(12(17)18)14-13(19)16-8-5-7-10(16)9-15(2)3/h10-11H,4-9H2,1-3H3,(H,14,19)(H,17,18)/t10?,11-/m0/s1. The summed E-state index contributed by atoms with van der Waals surface area (Å²) in [6.07, 6.45) is 3.17. The van der Waals surface area contributed by atoms with Crippen LogP contribution in [0.2, 0.25) is 0 Å². The second-order valence-corrected chi connectivity index (χ2v) is 5.38. The molecule has 1 unspecified atom stereocenters. The zero-order chi connectivity index (χ0) is 14.4. The van der Waals surface area contributed by atoms with Gasteiger partial charge in [0.1, 0.15) is 6.04 Å². The van der Waals surface area contributed by atoms with Crippen LogP contribution in [0.15, 0.2) is 0 Å². The Labute approximate surface area is 114 Å². The summed E-state index contributed by atoms with van der Waals surface area (Å²) >= 11 is 0. The van der Waals surface area contributed by atoms with Gasteiger partial charge in [-0.2, -0.15) is 0 Å². The molecule has 110 valence electrons. The van der Waals surface area contributed by atoms with Crippen LogP contribution in [0.1, 0.15) is 32.6 Å². The molecule has 1 saturated heterocycles. The van der Waals surface area contributed by atoms with Gasteiger partial charge in [-0.05, 0) is 33.4 Å². The topological polar surface area (TPSA) is 72.9 Å². The van der Waals surface area contributed by atoms with E-state index >= 15 is 0 Å². The van der Waals surface area contributed by atoms with Gasteiger partial charge in [-0.1, -0.05) is 13.3 Å². The first kappa shape index (κ1) is 15.8.